The first kappa shape index (κ1) is 89.1. The summed E-state index contributed by atoms with van der Waals surface area (Å²) in [4.78, 5) is 89.1. The Labute approximate surface area is 751 Å². The number of fused-ring (bicyclic) bond motifs is 3. The summed E-state index contributed by atoms with van der Waals surface area (Å²) in [6.45, 7) is 9.92. The van der Waals surface area contributed by atoms with Gasteiger partial charge in [0.2, 0.25) is 5.91 Å². The minimum Gasteiger partial charge on any atom is -0.455 e. The number of nitro benzene ring substituents is 1. The minimum atomic E-state index is -4.70. The molecule has 4 saturated heterocycles. The molecule has 8 heterocycles. The number of halogens is 3. The van der Waals surface area contributed by atoms with E-state index in [1.165, 1.54) is 128 Å². The molecule has 4 N–H and O–H groups in total. The maximum atomic E-state index is 16.3. The second-order valence-electron chi connectivity index (χ2n) is 35.1. The van der Waals surface area contributed by atoms with Crippen molar-refractivity contribution >= 4 is 111 Å². The van der Waals surface area contributed by atoms with Crippen LogP contribution in [0.5, 0.6) is 23.0 Å². The molecule has 3 amide bonds. The van der Waals surface area contributed by atoms with Crippen molar-refractivity contribution < 1.29 is 69.1 Å². The van der Waals surface area contributed by atoms with Crippen LogP contribution >= 0.6 is 23.2 Å². The highest BCUT2D eigenvalue weighted by Gasteiger charge is 2.50. The van der Waals surface area contributed by atoms with Gasteiger partial charge in [0, 0.05) is 174 Å². The molecule has 9 aromatic rings. The number of pyridine rings is 2. The first-order valence-electron chi connectivity index (χ1n) is 43.8. The number of nitrogens with zero attached hydrogens (tertiary/aromatic N) is 9. The van der Waals surface area contributed by atoms with E-state index < -0.39 is 80.4 Å². The van der Waals surface area contributed by atoms with Crippen molar-refractivity contribution in [2.24, 2.45) is 28.6 Å². The van der Waals surface area contributed by atoms with Crippen LogP contribution in [-0.4, -0.2) is 198 Å². The molecule has 672 valence electrons. The number of carbonyl (C=O) groups excluding carboxylic acids is 3. The van der Waals surface area contributed by atoms with Gasteiger partial charge in [-0.15, -0.1) is 0 Å². The molecule has 2 atom stereocenters. The summed E-state index contributed by atoms with van der Waals surface area (Å²) in [6.07, 6.45) is 25.4. The van der Waals surface area contributed by atoms with E-state index in [2.05, 4.69) is 63.6 Å². The molecule has 0 radical (unpaired) electrons. The maximum Gasteiger partial charge on any atom is 0.273 e. The Morgan fingerprint density at radius 3 is 1.76 bits per heavy atom. The van der Waals surface area contributed by atoms with Crippen LogP contribution in [0.15, 0.2) is 185 Å². The van der Waals surface area contributed by atoms with Crippen molar-refractivity contribution in [1.29, 1.82) is 0 Å². The number of nitrogens with one attached hydrogen (secondary N) is 4. The number of piperazine rings is 2. The zero-order valence-corrected chi connectivity index (χ0v) is 74.2. The zero-order valence-electron chi connectivity index (χ0n) is 71.1. The summed E-state index contributed by atoms with van der Waals surface area (Å²) in [5, 5.41) is 27.3. The van der Waals surface area contributed by atoms with E-state index in [9.17, 15) is 51.4 Å². The number of hydrogen-bond acceptors (Lipinski definition) is 22. The Morgan fingerprint density at radius 2 is 1.20 bits per heavy atom. The van der Waals surface area contributed by atoms with Crippen molar-refractivity contribution in [3.63, 3.8) is 0 Å². The van der Waals surface area contributed by atoms with Gasteiger partial charge in [0.05, 0.1) is 73.9 Å². The Morgan fingerprint density at radius 1 is 0.641 bits per heavy atom. The van der Waals surface area contributed by atoms with Gasteiger partial charge in [-0.25, -0.2) is 40.6 Å². The predicted molar refractivity (Wildman–Crippen MR) is 485 cm³/mol. The van der Waals surface area contributed by atoms with Crippen molar-refractivity contribution in [3.8, 4) is 23.0 Å². The molecule has 5 aliphatic carbocycles. The molecule has 0 bridgehead atoms. The monoisotopic (exact) mass is 1820 g/mol. The average Bonchev–Trinajstić information content (AvgIpc) is 1.41. The number of allylic oxidation sites excluding steroid dienone is 3. The number of aromatic nitrogens is 4. The molecule has 128 heavy (non-hydrogen) atoms. The number of amides is 3. The van der Waals surface area contributed by atoms with Crippen molar-refractivity contribution in [2.75, 3.05) is 128 Å². The summed E-state index contributed by atoms with van der Waals surface area (Å²) in [5.41, 5.74) is 10.4. The topological polar surface area (TPSA) is 350 Å². The normalized spacial score (nSPS) is 19.7. The number of rotatable bonds is 29. The number of sulfonamides is 2. The lowest BCUT2D eigenvalue weighted by molar-refractivity contribution is -0.434. The highest BCUT2D eigenvalue weighted by atomic mass is 35.5. The molecule has 18 rings (SSSR count). The van der Waals surface area contributed by atoms with Gasteiger partial charge in [0.1, 0.15) is 40.1 Å². The number of likely N-dealkylation sites (tertiary alicyclic amines) is 1. The van der Waals surface area contributed by atoms with Gasteiger partial charge in [-0.05, 0) is 202 Å². The number of methoxy groups -OCH3 is 1. The Bertz CT molecular complexity index is 6090. The van der Waals surface area contributed by atoms with Gasteiger partial charge in [-0.1, -0.05) is 83.6 Å². The van der Waals surface area contributed by atoms with Crippen LogP contribution in [0.4, 0.5) is 21.5 Å². The molecule has 5 aromatic carbocycles. The summed E-state index contributed by atoms with van der Waals surface area (Å²) >= 11 is 12.5. The lowest BCUT2D eigenvalue weighted by Crippen LogP contribution is -2.47. The fraction of sp³-hybridized carbons (Fsp3) is 0.415. The van der Waals surface area contributed by atoms with Crippen molar-refractivity contribution in [2.45, 2.75) is 108 Å². The molecule has 6 fully saturated rings. The Balaban J connectivity index is 0.000000180. The molecule has 4 aromatic heterocycles. The van der Waals surface area contributed by atoms with E-state index in [0.29, 0.717) is 111 Å². The Hall–Kier alpha value is -10.9. The third kappa shape index (κ3) is 20.1. The second kappa shape index (κ2) is 38.4. The predicted octanol–water partition coefficient (Wildman–Crippen LogP) is 16.3. The number of aryl methyl sites for hydroxylation is 1. The number of hydrogen-bond donors (Lipinski definition) is 4. The number of benzene rings is 5. The molecule has 2 unspecified atom stereocenters. The van der Waals surface area contributed by atoms with Crippen molar-refractivity contribution in [3.05, 3.63) is 244 Å². The van der Waals surface area contributed by atoms with E-state index >= 15 is 4.39 Å². The third-order valence-electron chi connectivity index (χ3n) is 27.1. The Kier molecular flexibility index (Phi) is 26.7. The maximum absolute atomic E-state index is 16.3. The summed E-state index contributed by atoms with van der Waals surface area (Å²) in [5.74, 6) is -4.40. The van der Waals surface area contributed by atoms with Crippen LogP contribution in [-0.2, 0) is 45.5 Å². The van der Waals surface area contributed by atoms with Crippen LogP contribution in [0.2, 0.25) is 10.0 Å². The fourth-order valence-electron chi connectivity index (χ4n) is 19.6. The minimum absolute atomic E-state index is 0.0688. The van der Waals surface area contributed by atoms with E-state index in [0.717, 1.165) is 117 Å². The molecule has 2 saturated carbocycles. The summed E-state index contributed by atoms with van der Waals surface area (Å²) < 4.78 is 104. The molecule has 29 nitrogen and oxygen atoms in total. The summed E-state index contributed by atoms with van der Waals surface area (Å²) in [7, 11) is -7.83. The van der Waals surface area contributed by atoms with Crippen LogP contribution in [0.25, 0.3) is 33.2 Å². The number of aromatic amines is 2. The molecule has 9 aliphatic rings. The van der Waals surface area contributed by atoms with Gasteiger partial charge in [-0.3, -0.25) is 44.4 Å². The molecule has 4 aliphatic heterocycles. The van der Waals surface area contributed by atoms with Crippen LogP contribution < -0.4 is 28.7 Å². The highest BCUT2D eigenvalue weighted by molar-refractivity contribution is 7.94. The molecule has 2 spiro atoms. The lowest BCUT2D eigenvalue weighted by Gasteiger charge is -2.47. The van der Waals surface area contributed by atoms with Crippen LogP contribution in [0.1, 0.15) is 134 Å². The molecule has 34 heteroatoms. The number of ether oxygens (including phenoxy) is 5. The quantitative estimate of drug-likeness (QED) is 0.0192. The molecular formula is C94H102Cl2FN13O16S2. The second-order valence-corrected chi connectivity index (χ2v) is 39.3. The lowest BCUT2D eigenvalue weighted by atomic mass is 9.59. The number of carbonyl (C=O) groups is 3. The van der Waals surface area contributed by atoms with Gasteiger partial charge >= 0.3 is 0 Å². The molecular weight excluding hydrogens is 1720 g/mol. The van der Waals surface area contributed by atoms with E-state index in [4.69, 9.17) is 46.9 Å². The SMILES string of the molecule is COCCOCCCc1ccc(S(=O)(=O)NC(=O)c2cc(F)c(N3CCN(CC4=C(c5ccc(Cl)cc5)CC5(CCC5)CC4)CC3)cc2Oc2cnc3[nH]ccc3c2)cc1[N+](=O)[O-].O=C(NS(=O)(=O)C1=CC2C(=O)N(CC3CCOCC3)CC2C([N+](=O)[O-])=C1)c1ccc(N2CCN(CC3=C(c4ccc(Cl)cc4)CC4(CCC4)CC3)CC2)cc1Oc1cnc2[nH]ccc2c1. The van der Waals surface area contributed by atoms with E-state index in [-0.39, 0.29) is 59.0 Å². The highest BCUT2D eigenvalue weighted by Crippen LogP contribution is 2.57. The van der Waals surface area contributed by atoms with E-state index in [1.54, 1.807) is 54.7 Å². The standard InChI is InChI=1S/C48H52ClN7O8S.C46H50ClFN6O8S/c49-35-4-2-32(3-5-35)41-26-48(12-1-13-48)14-8-34(41)29-53-16-18-54(19-17-53)36-6-7-39(44(23-36)64-37-22-33-9-15-50-45(33)51-27-37)46(57)52-65(61,62)38-24-40-42(43(25-38)56(59)60)30-55(47(40)58)28-31-10-20-63-21-11-31;1-60-22-23-61-21-2-4-32-7-10-37(25-41(32)54(56)57)63(58,59)51-45(55)38-26-40(48)42(27-43(38)62-36-24-33-12-16-49-44(33)50-29-36)53-19-17-52(18-20-53)30-34-11-15-46(13-3-14-46)28-39(34)31-5-8-35(47)9-6-31/h2-7,9,15,22-25,27,31,40,42H,1,8,10-14,16-21,26,28-30H2,(H,50,51)(H,52,57);5-10,12,16,24-27,29H,2-4,11,13-15,17-23,28,30H2,1H3,(H,49,50)(H,51,55). The van der Waals surface area contributed by atoms with Gasteiger partial charge in [-0.2, -0.15) is 0 Å². The first-order chi connectivity index (χ1) is 61.8. The van der Waals surface area contributed by atoms with Gasteiger partial charge in [0.25, 0.3) is 43.2 Å². The summed E-state index contributed by atoms with van der Waals surface area (Å²) in [6, 6.07) is 34.4. The number of nitro groups is 2. The fourth-order valence-corrected chi connectivity index (χ4v) is 21.9. The smallest absolute Gasteiger partial charge is 0.273 e. The van der Waals surface area contributed by atoms with Gasteiger partial charge < -0.3 is 48.4 Å². The van der Waals surface area contributed by atoms with Crippen LogP contribution in [0, 0.1) is 54.6 Å². The third-order valence-corrected chi connectivity index (χ3v) is 30.2. The largest absolute Gasteiger partial charge is 0.455 e. The van der Waals surface area contributed by atoms with Crippen molar-refractivity contribution in [1.82, 2.24) is 44.1 Å². The zero-order chi connectivity index (χ0) is 89.0. The number of H-pyrrole nitrogens is 2. The van der Waals surface area contributed by atoms with Crippen LogP contribution in [0.3, 0.4) is 0 Å². The first-order valence-corrected chi connectivity index (χ1v) is 47.5. The van der Waals surface area contributed by atoms with Gasteiger partial charge in [0.15, 0.2) is 0 Å². The number of anilines is 2. The average molecular weight is 1820 g/mol. The van der Waals surface area contributed by atoms with E-state index in [1.807, 2.05) is 40.0 Å².